The number of amidine groups is 1. The van der Waals surface area contributed by atoms with E-state index in [1.54, 1.807) is 6.07 Å². The molecule has 2 aromatic carbocycles. The van der Waals surface area contributed by atoms with Crippen LogP contribution in [0.3, 0.4) is 0 Å². The van der Waals surface area contributed by atoms with E-state index in [4.69, 9.17) is 5.41 Å². The fourth-order valence-electron chi connectivity index (χ4n) is 2.74. The van der Waals surface area contributed by atoms with Crippen LogP contribution in [0.2, 0.25) is 0 Å². The van der Waals surface area contributed by atoms with E-state index in [0.29, 0.717) is 17.0 Å². The summed E-state index contributed by atoms with van der Waals surface area (Å²) in [6.07, 6.45) is 1.43. The Morgan fingerprint density at radius 3 is 2.69 bits per heavy atom. The first-order chi connectivity index (χ1) is 12.5. The Kier molecular flexibility index (Phi) is 3.58. The predicted molar refractivity (Wildman–Crippen MR) is 97.4 cm³/mol. The lowest BCUT2D eigenvalue weighted by Crippen LogP contribution is -2.20. The third-order valence-corrected chi connectivity index (χ3v) is 4.05. The highest BCUT2D eigenvalue weighted by Crippen LogP contribution is 2.28. The number of phenolic OH excluding ortho intramolecular Hbond substituents is 2. The quantitative estimate of drug-likeness (QED) is 0.367. The first kappa shape index (κ1) is 15.7. The van der Waals surface area contributed by atoms with Gasteiger partial charge in [0.05, 0.1) is 17.2 Å². The molecule has 0 spiro atoms. The molecule has 0 unspecified atom stereocenters. The van der Waals surface area contributed by atoms with Crippen molar-refractivity contribution in [1.29, 1.82) is 5.41 Å². The molecule has 0 aliphatic carbocycles. The number of aliphatic hydroxyl groups excluding tert-OH is 1. The van der Waals surface area contributed by atoms with Crippen LogP contribution in [0, 0.1) is 5.41 Å². The zero-order valence-electron chi connectivity index (χ0n) is 13.5. The summed E-state index contributed by atoms with van der Waals surface area (Å²) in [4.78, 5) is 7.51. The molecule has 5 N–H and O–H groups in total. The molecule has 0 atom stereocenters. The number of fused-ring (bicyclic) bond motifs is 1. The molecule has 8 heteroatoms. The smallest absolute Gasteiger partial charge is 0.158 e. The summed E-state index contributed by atoms with van der Waals surface area (Å²) in [5, 5.41) is 42.9. The van der Waals surface area contributed by atoms with Crippen molar-refractivity contribution >= 4 is 28.7 Å². The average molecular weight is 349 g/mol. The number of phenols is 2. The lowest BCUT2D eigenvalue weighted by Gasteiger charge is -2.11. The first-order valence-electron chi connectivity index (χ1n) is 7.82. The summed E-state index contributed by atoms with van der Waals surface area (Å²) in [5.74, 6) is -0.0498. The van der Waals surface area contributed by atoms with Crippen molar-refractivity contribution in [2.45, 2.75) is 0 Å². The number of aromatic amines is 1. The van der Waals surface area contributed by atoms with E-state index in [2.05, 4.69) is 15.1 Å². The number of nitrogens with one attached hydrogen (secondary N) is 2. The number of aliphatic hydroxyl groups is 1. The molecular formula is C18H15N5O3. The molecule has 130 valence electrons. The third kappa shape index (κ3) is 2.63. The van der Waals surface area contributed by atoms with Gasteiger partial charge < -0.3 is 20.3 Å². The Hall–Kier alpha value is -3.81. The summed E-state index contributed by atoms with van der Waals surface area (Å²) >= 11 is 0. The van der Waals surface area contributed by atoms with Gasteiger partial charge in [-0.15, -0.1) is 0 Å². The Morgan fingerprint density at radius 1 is 1.12 bits per heavy atom. The van der Waals surface area contributed by atoms with Gasteiger partial charge in [-0.2, -0.15) is 5.10 Å². The number of rotatable bonds is 3. The highest BCUT2D eigenvalue weighted by atomic mass is 16.3. The van der Waals surface area contributed by atoms with Crippen LogP contribution in [0.25, 0.3) is 16.6 Å². The van der Waals surface area contributed by atoms with Crippen molar-refractivity contribution in [3.8, 4) is 11.5 Å². The molecule has 2 heterocycles. The Bertz CT molecular complexity index is 1050. The van der Waals surface area contributed by atoms with Crippen molar-refractivity contribution < 1.29 is 15.3 Å². The number of aromatic hydroxyl groups is 2. The normalized spacial score (nSPS) is 14.9. The molecule has 3 aromatic rings. The Labute approximate surface area is 147 Å². The van der Waals surface area contributed by atoms with Crippen molar-refractivity contribution in [3.63, 3.8) is 0 Å². The van der Waals surface area contributed by atoms with E-state index in [0.717, 1.165) is 11.0 Å². The molecule has 0 radical (unpaired) electrons. The minimum atomic E-state index is -0.255. The van der Waals surface area contributed by atoms with E-state index in [-0.39, 0.29) is 29.6 Å². The van der Waals surface area contributed by atoms with Crippen LogP contribution in [-0.2, 0) is 0 Å². The second-order valence-corrected chi connectivity index (χ2v) is 5.82. The van der Waals surface area contributed by atoms with Gasteiger partial charge in [0.25, 0.3) is 0 Å². The zero-order valence-corrected chi connectivity index (χ0v) is 13.5. The highest BCUT2D eigenvalue weighted by Gasteiger charge is 2.30. The van der Waals surface area contributed by atoms with Crippen LogP contribution in [0.15, 0.2) is 53.3 Å². The molecule has 0 fully saturated rings. The number of para-hydroxylation sites is 2. The monoisotopic (exact) mass is 349 g/mol. The maximum absolute atomic E-state index is 10.3. The van der Waals surface area contributed by atoms with E-state index in [1.807, 2.05) is 24.3 Å². The summed E-state index contributed by atoms with van der Waals surface area (Å²) in [5.41, 5.74) is 2.41. The number of nitrogens with zero attached hydrogens (tertiary/aromatic N) is 3. The molecule has 8 nitrogen and oxygen atoms in total. The molecule has 0 saturated heterocycles. The molecule has 0 amide bonds. The summed E-state index contributed by atoms with van der Waals surface area (Å²) in [6, 6.07) is 11.7. The van der Waals surface area contributed by atoms with Gasteiger partial charge in [-0.3, -0.25) is 5.41 Å². The molecule has 1 aliphatic heterocycles. The molecule has 4 rings (SSSR count). The summed E-state index contributed by atoms with van der Waals surface area (Å²) < 4.78 is 0. The van der Waals surface area contributed by atoms with Crippen molar-refractivity contribution in [1.82, 2.24) is 15.0 Å². The molecule has 1 aromatic heterocycles. The molecule has 26 heavy (non-hydrogen) atoms. The van der Waals surface area contributed by atoms with Crippen LogP contribution in [0.5, 0.6) is 11.5 Å². The van der Waals surface area contributed by atoms with Crippen molar-refractivity contribution in [3.05, 3.63) is 59.6 Å². The van der Waals surface area contributed by atoms with Gasteiger partial charge in [-0.25, -0.2) is 9.99 Å². The third-order valence-electron chi connectivity index (χ3n) is 4.05. The van der Waals surface area contributed by atoms with Gasteiger partial charge in [0.15, 0.2) is 17.3 Å². The number of H-pyrrole nitrogens is 1. The second kappa shape index (κ2) is 5.92. The number of hydrogen-bond acceptors (Lipinski definition) is 6. The minimum Gasteiger partial charge on any atom is -0.509 e. The summed E-state index contributed by atoms with van der Waals surface area (Å²) in [6.45, 7) is 0.0474. The molecule has 1 aliphatic rings. The number of aromatic nitrogens is 2. The van der Waals surface area contributed by atoms with Gasteiger partial charge in [0, 0.05) is 0 Å². The van der Waals surface area contributed by atoms with Crippen molar-refractivity contribution in [2.75, 3.05) is 6.54 Å². The van der Waals surface area contributed by atoms with E-state index in [1.165, 1.54) is 23.4 Å². The largest absolute Gasteiger partial charge is 0.509 e. The lowest BCUT2D eigenvalue weighted by molar-refractivity contribution is 0.358. The maximum Gasteiger partial charge on any atom is 0.158 e. The van der Waals surface area contributed by atoms with Gasteiger partial charge >= 0.3 is 0 Å². The highest BCUT2D eigenvalue weighted by molar-refractivity contribution is 6.23. The Balaban J connectivity index is 1.59. The van der Waals surface area contributed by atoms with Gasteiger partial charge in [0.2, 0.25) is 0 Å². The number of hydrazone groups is 1. The fraction of sp³-hybridized carbons (Fsp3) is 0.0556. The predicted octanol–water partition coefficient (Wildman–Crippen LogP) is 2.57. The fourth-order valence-corrected chi connectivity index (χ4v) is 2.74. The SMILES string of the molecule is N=C1C(c2nc3ccccc3[nH]2)=C(O)CN1/N=C\c1ccc(O)c(O)c1. The number of hydrogen-bond donors (Lipinski definition) is 5. The number of benzene rings is 2. The van der Waals surface area contributed by atoms with Gasteiger partial charge in [0.1, 0.15) is 23.7 Å². The number of imidazole rings is 1. The second-order valence-electron chi connectivity index (χ2n) is 5.82. The van der Waals surface area contributed by atoms with Crippen LogP contribution >= 0.6 is 0 Å². The summed E-state index contributed by atoms with van der Waals surface area (Å²) in [7, 11) is 0. The van der Waals surface area contributed by atoms with Crippen molar-refractivity contribution in [2.24, 2.45) is 5.10 Å². The standard InChI is InChI=1S/C18H15N5O3/c19-17-16(18-21-11-3-1-2-4-12(11)22-18)15(26)9-23(17)20-8-10-5-6-13(24)14(25)7-10/h1-8,19,24-26H,9H2,(H,21,22)/b19-17?,20-8-. The molecule has 0 bridgehead atoms. The Morgan fingerprint density at radius 2 is 1.92 bits per heavy atom. The van der Waals surface area contributed by atoms with E-state index in [9.17, 15) is 15.3 Å². The first-order valence-corrected chi connectivity index (χ1v) is 7.82. The topological polar surface area (TPSA) is 129 Å². The van der Waals surface area contributed by atoms with Crippen LogP contribution in [0.4, 0.5) is 0 Å². The van der Waals surface area contributed by atoms with Gasteiger partial charge in [-0.1, -0.05) is 12.1 Å². The lowest BCUT2D eigenvalue weighted by atomic mass is 10.2. The molecule has 0 saturated carbocycles. The average Bonchev–Trinajstić information content (AvgIpc) is 3.16. The van der Waals surface area contributed by atoms with E-state index >= 15 is 0 Å². The van der Waals surface area contributed by atoms with Crippen LogP contribution < -0.4 is 0 Å². The van der Waals surface area contributed by atoms with Gasteiger partial charge in [-0.05, 0) is 35.9 Å². The minimum absolute atomic E-state index is 0.000223. The van der Waals surface area contributed by atoms with E-state index < -0.39 is 0 Å². The van der Waals surface area contributed by atoms with Crippen LogP contribution in [-0.4, -0.2) is 48.9 Å². The molecular weight excluding hydrogens is 334 g/mol. The zero-order chi connectivity index (χ0) is 18.3. The maximum atomic E-state index is 10.3. The van der Waals surface area contributed by atoms with Crippen LogP contribution in [0.1, 0.15) is 11.4 Å².